The first-order valence-electron chi connectivity index (χ1n) is 8.27. The van der Waals surface area contributed by atoms with Gasteiger partial charge < -0.3 is 10.0 Å². The van der Waals surface area contributed by atoms with Crippen LogP contribution in [0.1, 0.15) is 11.1 Å². The molecule has 0 aliphatic carbocycles. The second kappa shape index (κ2) is 8.74. The van der Waals surface area contributed by atoms with Crippen molar-refractivity contribution < 1.29 is 9.90 Å². The van der Waals surface area contributed by atoms with Crippen molar-refractivity contribution in [1.82, 2.24) is 4.31 Å². The quantitative estimate of drug-likeness (QED) is 0.564. The zero-order valence-electron chi connectivity index (χ0n) is 13.9. The highest BCUT2D eigenvalue weighted by atomic mass is 79.9. The molecule has 1 fully saturated rings. The van der Waals surface area contributed by atoms with Crippen LogP contribution in [0.25, 0.3) is 0 Å². The number of rotatable bonds is 6. The van der Waals surface area contributed by atoms with Gasteiger partial charge in [-0.2, -0.15) is 0 Å². The van der Waals surface area contributed by atoms with Gasteiger partial charge in [0.15, 0.2) is 0 Å². The number of hydrogen-bond acceptors (Lipinski definition) is 4. The van der Waals surface area contributed by atoms with Crippen LogP contribution in [-0.2, 0) is 16.5 Å². The minimum Gasteiger partial charge on any atom is -0.481 e. The number of halogens is 1. The van der Waals surface area contributed by atoms with Gasteiger partial charge in [0.2, 0.25) is 0 Å². The number of piperazine rings is 1. The van der Waals surface area contributed by atoms with Crippen molar-refractivity contribution in [3.8, 4) is 0 Å². The van der Waals surface area contributed by atoms with E-state index < -0.39 is 5.97 Å². The third-order valence-corrected chi connectivity index (χ3v) is 5.89. The van der Waals surface area contributed by atoms with Crippen molar-refractivity contribution >= 4 is 39.5 Å². The molecule has 1 heterocycles. The van der Waals surface area contributed by atoms with Crippen molar-refractivity contribution in [2.24, 2.45) is 0 Å². The van der Waals surface area contributed by atoms with Crippen LogP contribution in [-0.4, -0.2) is 41.6 Å². The number of anilines is 1. The molecule has 0 atom stereocenters. The standard InChI is InChI=1S/C19H21BrN2O2S/c20-14-16-4-1-5-17(11-16)21-7-9-22(10-8-21)25-18-6-2-3-15(12-18)13-19(23)24/h1-6,11-12H,7-10,13-14H2,(H,23,24). The average molecular weight is 421 g/mol. The SMILES string of the molecule is O=C(O)Cc1cccc(SN2CCN(c3cccc(CBr)c3)CC2)c1. The fourth-order valence-electron chi connectivity index (χ4n) is 2.91. The number of carbonyl (C=O) groups is 1. The van der Waals surface area contributed by atoms with Gasteiger partial charge in [-0.15, -0.1) is 0 Å². The van der Waals surface area contributed by atoms with E-state index in [4.69, 9.17) is 5.11 Å². The molecule has 1 N–H and O–H groups in total. The van der Waals surface area contributed by atoms with Crippen LogP contribution in [0, 0.1) is 0 Å². The summed E-state index contributed by atoms with van der Waals surface area (Å²) in [6.07, 6.45) is 0.0755. The van der Waals surface area contributed by atoms with Gasteiger partial charge in [-0.3, -0.25) is 4.79 Å². The summed E-state index contributed by atoms with van der Waals surface area (Å²) in [7, 11) is 0. The fourth-order valence-corrected chi connectivity index (χ4v) is 4.25. The Kier molecular flexibility index (Phi) is 6.39. The molecule has 3 rings (SSSR count). The molecule has 0 saturated carbocycles. The Balaban J connectivity index is 1.56. The normalized spacial score (nSPS) is 15.3. The minimum absolute atomic E-state index is 0.0755. The topological polar surface area (TPSA) is 43.8 Å². The lowest BCUT2D eigenvalue weighted by molar-refractivity contribution is -0.136. The minimum atomic E-state index is -0.790. The predicted molar refractivity (Wildman–Crippen MR) is 106 cm³/mol. The largest absolute Gasteiger partial charge is 0.481 e. The molecule has 0 unspecified atom stereocenters. The first kappa shape index (κ1) is 18.3. The van der Waals surface area contributed by atoms with Crippen molar-refractivity contribution in [2.45, 2.75) is 16.6 Å². The zero-order valence-corrected chi connectivity index (χ0v) is 16.3. The average Bonchev–Trinajstić information content (AvgIpc) is 2.62. The molecule has 2 aromatic rings. The molecule has 0 spiro atoms. The number of alkyl halides is 1. The van der Waals surface area contributed by atoms with Crippen LogP contribution in [0.15, 0.2) is 53.4 Å². The zero-order chi connectivity index (χ0) is 17.6. The number of benzene rings is 2. The molecule has 132 valence electrons. The summed E-state index contributed by atoms with van der Waals surface area (Å²) in [6.45, 7) is 3.94. The Morgan fingerprint density at radius 3 is 2.48 bits per heavy atom. The molecule has 0 radical (unpaired) electrons. The van der Waals surface area contributed by atoms with Crippen LogP contribution < -0.4 is 4.90 Å². The van der Waals surface area contributed by atoms with Crippen molar-refractivity contribution in [3.63, 3.8) is 0 Å². The fraction of sp³-hybridized carbons (Fsp3) is 0.316. The maximum atomic E-state index is 10.9. The smallest absolute Gasteiger partial charge is 0.307 e. The summed E-state index contributed by atoms with van der Waals surface area (Å²) in [6, 6.07) is 16.5. The number of hydrogen-bond donors (Lipinski definition) is 1. The van der Waals surface area contributed by atoms with E-state index in [9.17, 15) is 4.79 Å². The Hall–Kier alpha value is -1.50. The van der Waals surface area contributed by atoms with Crippen LogP contribution >= 0.6 is 27.9 Å². The Labute approximate surface area is 161 Å². The van der Waals surface area contributed by atoms with E-state index in [0.29, 0.717) is 0 Å². The lowest BCUT2D eigenvalue weighted by Crippen LogP contribution is -2.43. The molecular formula is C19H21BrN2O2S. The van der Waals surface area contributed by atoms with Gasteiger partial charge in [-0.1, -0.05) is 40.2 Å². The third kappa shape index (κ3) is 5.23. The van der Waals surface area contributed by atoms with Gasteiger partial charge in [0.25, 0.3) is 0 Å². The highest BCUT2D eigenvalue weighted by Crippen LogP contribution is 2.27. The summed E-state index contributed by atoms with van der Waals surface area (Å²) in [5, 5.41) is 9.81. The summed E-state index contributed by atoms with van der Waals surface area (Å²) in [5.74, 6) is -0.790. The van der Waals surface area contributed by atoms with Crippen LogP contribution in [0.2, 0.25) is 0 Å². The molecule has 0 bridgehead atoms. The first-order chi connectivity index (χ1) is 12.1. The van der Waals surface area contributed by atoms with E-state index in [1.807, 2.05) is 24.3 Å². The third-order valence-electron chi connectivity index (χ3n) is 4.16. The summed E-state index contributed by atoms with van der Waals surface area (Å²) >= 11 is 5.23. The first-order valence-corrected chi connectivity index (χ1v) is 10.2. The van der Waals surface area contributed by atoms with Gasteiger partial charge in [0, 0.05) is 42.1 Å². The number of carboxylic acid groups (broad SMARTS) is 1. The second-order valence-corrected chi connectivity index (χ2v) is 7.76. The van der Waals surface area contributed by atoms with Gasteiger partial charge in [-0.05, 0) is 47.3 Å². The highest BCUT2D eigenvalue weighted by molar-refractivity contribution is 9.08. The van der Waals surface area contributed by atoms with Crippen molar-refractivity contribution in [3.05, 3.63) is 59.7 Å². The Bertz CT molecular complexity index is 733. The Morgan fingerprint density at radius 1 is 1.04 bits per heavy atom. The lowest BCUT2D eigenvalue weighted by Gasteiger charge is -2.35. The van der Waals surface area contributed by atoms with Crippen LogP contribution in [0.5, 0.6) is 0 Å². The summed E-state index contributed by atoms with van der Waals surface area (Å²) in [4.78, 5) is 14.4. The second-order valence-electron chi connectivity index (χ2n) is 6.03. The summed E-state index contributed by atoms with van der Waals surface area (Å²) < 4.78 is 2.35. The van der Waals surface area contributed by atoms with Gasteiger partial charge in [0.1, 0.15) is 0 Å². The number of nitrogens with zero attached hydrogens (tertiary/aromatic N) is 2. The van der Waals surface area contributed by atoms with E-state index in [1.165, 1.54) is 11.3 Å². The molecule has 1 aliphatic heterocycles. The predicted octanol–water partition coefficient (Wildman–Crippen LogP) is 4.04. The van der Waals surface area contributed by atoms with Gasteiger partial charge in [-0.25, -0.2) is 4.31 Å². The van der Waals surface area contributed by atoms with E-state index in [2.05, 4.69) is 49.4 Å². The number of carboxylic acids is 1. The molecule has 1 saturated heterocycles. The molecule has 6 heteroatoms. The van der Waals surface area contributed by atoms with E-state index in [0.717, 1.165) is 42.0 Å². The van der Waals surface area contributed by atoms with Crippen molar-refractivity contribution in [1.29, 1.82) is 0 Å². The highest BCUT2D eigenvalue weighted by Gasteiger charge is 2.18. The maximum Gasteiger partial charge on any atom is 0.307 e. The molecule has 4 nitrogen and oxygen atoms in total. The lowest BCUT2D eigenvalue weighted by atomic mass is 10.2. The van der Waals surface area contributed by atoms with E-state index in [1.54, 1.807) is 11.9 Å². The molecule has 0 aromatic heterocycles. The maximum absolute atomic E-state index is 10.9. The van der Waals surface area contributed by atoms with Crippen molar-refractivity contribution in [2.75, 3.05) is 31.1 Å². The molecule has 1 aliphatic rings. The van der Waals surface area contributed by atoms with Crippen LogP contribution in [0.4, 0.5) is 5.69 Å². The molecule has 2 aromatic carbocycles. The molecule has 25 heavy (non-hydrogen) atoms. The summed E-state index contributed by atoms with van der Waals surface area (Å²) in [5.41, 5.74) is 3.43. The molecule has 0 amide bonds. The van der Waals surface area contributed by atoms with E-state index in [-0.39, 0.29) is 6.42 Å². The Morgan fingerprint density at radius 2 is 1.76 bits per heavy atom. The van der Waals surface area contributed by atoms with Crippen LogP contribution in [0.3, 0.4) is 0 Å². The monoisotopic (exact) mass is 420 g/mol. The van der Waals surface area contributed by atoms with E-state index >= 15 is 0 Å². The number of aliphatic carboxylic acids is 1. The van der Waals surface area contributed by atoms with Gasteiger partial charge in [0.05, 0.1) is 6.42 Å². The molecular weight excluding hydrogens is 400 g/mol. The van der Waals surface area contributed by atoms with Gasteiger partial charge >= 0.3 is 5.97 Å².